The number of hydrogen-bond acceptors (Lipinski definition) is 5. The highest BCUT2D eigenvalue weighted by Crippen LogP contribution is 2.33. The number of nitrogens with zero attached hydrogens (tertiary/aromatic N) is 3. The fourth-order valence-electron chi connectivity index (χ4n) is 1.18. The lowest BCUT2D eigenvalue weighted by atomic mass is 10.4. The largest absolute Gasteiger partial charge is 0.430 e. The molecule has 2 aromatic heterocycles. The summed E-state index contributed by atoms with van der Waals surface area (Å²) in [5.74, 6) is -0.0172. The molecule has 2 aromatic rings. The van der Waals surface area contributed by atoms with Gasteiger partial charge in [-0.2, -0.15) is 0 Å². The van der Waals surface area contributed by atoms with Crippen LogP contribution in [0.15, 0.2) is 30.6 Å². The van der Waals surface area contributed by atoms with Crippen LogP contribution in [0, 0.1) is 10.1 Å². The summed E-state index contributed by atoms with van der Waals surface area (Å²) in [6.45, 7) is 0. The van der Waals surface area contributed by atoms with E-state index in [2.05, 4.69) is 9.97 Å². The van der Waals surface area contributed by atoms with E-state index >= 15 is 0 Å². The van der Waals surface area contributed by atoms with E-state index in [1.807, 2.05) is 0 Å². The third-order valence-electron chi connectivity index (χ3n) is 1.93. The van der Waals surface area contributed by atoms with Crippen molar-refractivity contribution in [3.8, 4) is 11.6 Å². The van der Waals surface area contributed by atoms with Crippen LogP contribution < -0.4 is 4.74 Å². The molecule has 92 valence electrons. The summed E-state index contributed by atoms with van der Waals surface area (Å²) >= 11 is 11.4. The van der Waals surface area contributed by atoms with E-state index < -0.39 is 4.92 Å². The molecule has 0 aliphatic heterocycles. The summed E-state index contributed by atoms with van der Waals surface area (Å²) in [5, 5.41) is 11.1. The molecule has 18 heavy (non-hydrogen) atoms. The summed E-state index contributed by atoms with van der Waals surface area (Å²) < 4.78 is 5.25. The molecule has 0 N–H and O–H groups in total. The van der Waals surface area contributed by atoms with Crippen LogP contribution in [-0.4, -0.2) is 14.9 Å². The molecule has 0 aliphatic rings. The predicted octanol–water partition coefficient (Wildman–Crippen LogP) is 3.48. The van der Waals surface area contributed by atoms with Gasteiger partial charge in [0, 0.05) is 12.3 Å². The van der Waals surface area contributed by atoms with Gasteiger partial charge in [-0.05, 0) is 12.1 Å². The molecule has 0 fully saturated rings. The van der Waals surface area contributed by atoms with Crippen molar-refractivity contribution in [1.82, 2.24) is 9.97 Å². The first-order valence-electron chi connectivity index (χ1n) is 4.66. The van der Waals surface area contributed by atoms with Gasteiger partial charge in [-0.15, -0.1) is 0 Å². The highest BCUT2D eigenvalue weighted by molar-refractivity contribution is 6.31. The van der Waals surface area contributed by atoms with E-state index in [1.165, 1.54) is 18.5 Å². The zero-order valence-corrected chi connectivity index (χ0v) is 10.2. The van der Waals surface area contributed by atoms with Crippen molar-refractivity contribution in [3.05, 3.63) is 50.9 Å². The zero-order valence-electron chi connectivity index (χ0n) is 8.71. The number of pyridine rings is 2. The van der Waals surface area contributed by atoms with E-state index in [4.69, 9.17) is 27.9 Å². The Bertz CT molecular complexity index is 607. The molecular formula is C10H5Cl2N3O3. The molecule has 2 heterocycles. The molecule has 0 saturated heterocycles. The van der Waals surface area contributed by atoms with Gasteiger partial charge in [0.1, 0.15) is 0 Å². The molecule has 6 nitrogen and oxygen atoms in total. The molecule has 0 unspecified atom stereocenters. The summed E-state index contributed by atoms with van der Waals surface area (Å²) in [5.41, 5.74) is -0.345. The van der Waals surface area contributed by atoms with Crippen molar-refractivity contribution in [1.29, 1.82) is 0 Å². The first kappa shape index (κ1) is 12.5. The molecule has 0 amide bonds. The molecule has 0 atom stereocenters. The molecule has 0 aromatic carbocycles. The van der Waals surface area contributed by atoms with Crippen molar-refractivity contribution in [2.75, 3.05) is 0 Å². The smallest absolute Gasteiger partial charge is 0.332 e. The molecule has 0 aliphatic carbocycles. The molecule has 2 rings (SSSR count). The van der Waals surface area contributed by atoms with Gasteiger partial charge in [0.25, 0.3) is 5.88 Å². The molecule has 0 radical (unpaired) electrons. The van der Waals surface area contributed by atoms with Gasteiger partial charge in [0.05, 0.1) is 16.1 Å². The number of ether oxygens (including phenoxy) is 1. The van der Waals surface area contributed by atoms with Crippen molar-refractivity contribution in [2.24, 2.45) is 0 Å². The maximum absolute atomic E-state index is 10.8. The van der Waals surface area contributed by atoms with Crippen LogP contribution in [0.5, 0.6) is 11.6 Å². The van der Waals surface area contributed by atoms with Crippen molar-refractivity contribution >= 4 is 28.9 Å². The Morgan fingerprint density at radius 1 is 1.33 bits per heavy atom. The summed E-state index contributed by atoms with van der Waals surface area (Å²) in [4.78, 5) is 17.7. The van der Waals surface area contributed by atoms with E-state index in [9.17, 15) is 10.1 Å². The number of hydrogen-bond donors (Lipinski definition) is 0. The van der Waals surface area contributed by atoms with Crippen molar-refractivity contribution in [2.45, 2.75) is 0 Å². The van der Waals surface area contributed by atoms with Gasteiger partial charge in [-0.25, -0.2) is 9.97 Å². The predicted molar refractivity (Wildman–Crippen MR) is 65.2 cm³/mol. The molecule has 0 spiro atoms. The topological polar surface area (TPSA) is 78.2 Å². The van der Waals surface area contributed by atoms with Crippen LogP contribution in [0.3, 0.4) is 0 Å². The second-order valence-corrected chi connectivity index (χ2v) is 3.92. The van der Waals surface area contributed by atoms with Crippen LogP contribution in [0.1, 0.15) is 0 Å². The maximum atomic E-state index is 10.8. The fourth-order valence-corrected chi connectivity index (χ4v) is 1.49. The second kappa shape index (κ2) is 5.16. The van der Waals surface area contributed by atoms with E-state index in [0.717, 1.165) is 6.07 Å². The Kier molecular flexibility index (Phi) is 3.59. The SMILES string of the molecule is O=[N+]([O-])c1cc(Cl)cnc1Oc1cccnc1Cl. The second-order valence-electron chi connectivity index (χ2n) is 3.13. The lowest BCUT2D eigenvalue weighted by Gasteiger charge is -2.05. The summed E-state index contributed by atoms with van der Waals surface area (Å²) in [7, 11) is 0. The number of halogens is 2. The third-order valence-corrected chi connectivity index (χ3v) is 2.42. The third kappa shape index (κ3) is 2.66. The Hall–Kier alpha value is -1.92. The highest BCUT2D eigenvalue weighted by atomic mass is 35.5. The van der Waals surface area contributed by atoms with Crippen LogP contribution in [0.2, 0.25) is 10.2 Å². The molecule has 0 bridgehead atoms. The van der Waals surface area contributed by atoms with E-state index in [0.29, 0.717) is 0 Å². The lowest BCUT2D eigenvalue weighted by molar-refractivity contribution is -0.386. The van der Waals surface area contributed by atoms with Crippen LogP contribution >= 0.6 is 23.2 Å². The molecular weight excluding hydrogens is 281 g/mol. The Labute approximate surface area is 111 Å². The average molecular weight is 286 g/mol. The fraction of sp³-hybridized carbons (Fsp3) is 0. The number of aromatic nitrogens is 2. The van der Waals surface area contributed by atoms with E-state index in [-0.39, 0.29) is 27.5 Å². The van der Waals surface area contributed by atoms with Gasteiger partial charge >= 0.3 is 5.69 Å². The Morgan fingerprint density at radius 3 is 2.78 bits per heavy atom. The van der Waals surface area contributed by atoms with Crippen molar-refractivity contribution in [3.63, 3.8) is 0 Å². The quantitative estimate of drug-likeness (QED) is 0.490. The highest BCUT2D eigenvalue weighted by Gasteiger charge is 2.19. The summed E-state index contributed by atoms with van der Waals surface area (Å²) in [6.07, 6.45) is 2.72. The minimum atomic E-state index is -0.640. The maximum Gasteiger partial charge on any atom is 0.332 e. The van der Waals surface area contributed by atoms with Gasteiger partial charge in [-0.3, -0.25) is 10.1 Å². The molecule has 0 saturated carbocycles. The first-order valence-corrected chi connectivity index (χ1v) is 5.42. The lowest BCUT2D eigenvalue weighted by Crippen LogP contribution is -1.96. The minimum Gasteiger partial charge on any atom is -0.430 e. The van der Waals surface area contributed by atoms with Gasteiger partial charge in [-0.1, -0.05) is 23.2 Å². The average Bonchev–Trinajstić information content (AvgIpc) is 2.34. The van der Waals surface area contributed by atoms with Crippen LogP contribution in [0.25, 0.3) is 0 Å². The Balaban J connectivity index is 2.41. The standard InChI is InChI=1S/C10H5Cl2N3O3/c11-6-4-7(15(16)17)10(14-5-6)18-8-2-1-3-13-9(8)12/h1-5H. The first-order chi connectivity index (χ1) is 8.58. The van der Waals surface area contributed by atoms with Gasteiger partial charge < -0.3 is 4.74 Å². The number of rotatable bonds is 3. The summed E-state index contributed by atoms with van der Waals surface area (Å²) in [6, 6.07) is 4.26. The van der Waals surface area contributed by atoms with Gasteiger partial charge in [0.2, 0.25) is 0 Å². The zero-order chi connectivity index (χ0) is 13.1. The van der Waals surface area contributed by atoms with Crippen molar-refractivity contribution < 1.29 is 9.66 Å². The Morgan fingerprint density at radius 2 is 2.11 bits per heavy atom. The van der Waals surface area contributed by atoms with Crippen LogP contribution in [0.4, 0.5) is 5.69 Å². The molecule has 8 heteroatoms. The minimum absolute atomic E-state index is 0.0866. The number of nitro groups is 1. The van der Waals surface area contributed by atoms with Crippen LogP contribution in [-0.2, 0) is 0 Å². The normalized spacial score (nSPS) is 10.1. The van der Waals surface area contributed by atoms with E-state index in [1.54, 1.807) is 6.07 Å². The van der Waals surface area contributed by atoms with Gasteiger partial charge in [0.15, 0.2) is 10.9 Å². The monoisotopic (exact) mass is 285 g/mol.